The van der Waals surface area contributed by atoms with Crippen molar-refractivity contribution in [3.63, 3.8) is 0 Å². The normalized spacial score (nSPS) is 10.6. The first-order valence-electron chi connectivity index (χ1n) is 6.75. The Morgan fingerprint density at radius 2 is 1.88 bits per heavy atom. The van der Waals surface area contributed by atoms with Gasteiger partial charge in [0.1, 0.15) is 0 Å². The Hall–Kier alpha value is -2.35. The first kappa shape index (κ1) is 16.5. The highest BCUT2D eigenvalue weighted by atomic mass is 35.5. The summed E-state index contributed by atoms with van der Waals surface area (Å²) in [7, 11) is 0. The van der Waals surface area contributed by atoms with E-state index in [4.69, 9.17) is 41.2 Å². The molecule has 0 bridgehead atoms. The quantitative estimate of drug-likeness (QED) is 0.401. The third kappa shape index (κ3) is 3.14. The van der Waals surface area contributed by atoms with E-state index < -0.39 is 0 Å². The van der Waals surface area contributed by atoms with E-state index in [0.29, 0.717) is 32.3 Å². The fraction of sp³-hybridized carbons (Fsp3) is 0. The summed E-state index contributed by atoms with van der Waals surface area (Å²) in [6, 6.07) is 8.47. The zero-order valence-corrected chi connectivity index (χ0v) is 14.4. The number of fused-ring (bicyclic) bond motifs is 1. The number of benzene rings is 2. The number of rotatable bonds is 2. The molecule has 0 aliphatic rings. The van der Waals surface area contributed by atoms with Crippen LogP contribution in [0.15, 0.2) is 41.5 Å². The number of nitrogens with two attached hydrogens (primary N) is 1. The molecule has 0 radical (unpaired) electrons. The second kappa shape index (κ2) is 6.64. The Morgan fingerprint density at radius 3 is 2.58 bits per heavy atom. The fourth-order valence-electron chi connectivity index (χ4n) is 2.18. The van der Waals surface area contributed by atoms with E-state index in [1.807, 2.05) is 0 Å². The van der Waals surface area contributed by atoms with Gasteiger partial charge < -0.3 is 21.4 Å². The minimum atomic E-state index is -0.325. The third-order valence-corrected chi connectivity index (χ3v) is 4.13. The second-order valence-electron chi connectivity index (χ2n) is 4.83. The molecule has 0 aliphatic heterocycles. The molecular weight excluding hydrogens is 369 g/mol. The van der Waals surface area contributed by atoms with Crippen molar-refractivity contribution < 1.29 is 0 Å². The van der Waals surface area contributed by atoms with Crippen LogP contribution in [-0.2, 0) is 0 Å². The van der Waals surface area contributed by atoms with Gasteiger partial charge in [0, 0.05) is 0 Å². The van der Waals surface area contributed by atoms with Gasteiger partial charge in [-0.1, -0.05) is 29.3 Å². The predicted octanol–water partition coefficient (Wildman–Crippen LogP) is 3.62. The van der Waals surface area contributed by atoms with E-state index in [9.17, 15) is 4.79 Å². The molecule has 24 heavy (non-hydrogen) atoms. The Bertz CT molecular complexity index is 985. The maximum atomic E-state index is 11.9. The van der Waals surface area contributed by atoms with Crippen LogP contribution in [0, 0.1) is 0 Å². The summed E-state index contributed by atoms with van der Waals surface area (Å²) in [5, 5.41) is 7.23. The molecule has 0 atom stereocenters. The summed E-state index contributed by atoms with van der Waals surface area (Å²) in [5.74, 6) is 0. The fourth-order valence-corrected chi connectivity index (χ4v) is 2.88. The van der Waals surface area contributed by atoms with Crippen LogP contribution < -0.4 is 21.9 Å². The number of H-pyrrole nitrogens is 1. The molecule has 1 heterocycles. The SMILES string of the molecule is Nc1c(NC(=S)Nc2c(Cl)cccc2Cl)ccc2nc[nH]c(=O)c12. The van der Waals surface area contributed by atoms with Gasteiger partial charge in [0.15, 0.2) is 5.11 Å². The zero-order valence-electron chi connectivity index (χ0n) is 12.1. The van der Waals surface area contributed by atoms with E-state index in [-0.39, 0.29) is 16.4 Å². The molecule has 0 spiro atoms. The molecule has 5 N–H and O–H groups in total. The molecule has 2 aromatic carbocycles. The number of nitrogens with zero attached hydrogens (tertiary/aromatic N) is 1. The molecule has 0 aliphatic carbocycles. The first-order valence-corrected chi connectivity index (χ1v) is 7.91. The van der Waals surface area contributed by atoms with Gasteiger partial charge in [0.25, 0.3) is 5.56 Å². The van der Waals surface area contributed by atoms with Gasteiger partial charge in [0.05, 0.1) is 44.3 Å². The summed E-state index contributed by atoms with van der Waals surface area (Å²) in [5.41, 5.74) is 7.43. The number of anilines is 3. The number of para-hydroxylation sites is 1. The Balaban J connectivity index is 1.90. The molecular formula is C15H11Cl2N5OS. The van der Waals surface area contributed by atoms with E-state index in [1.165, 1.54) is 6.33 Å². The highest BCUT2D eigenvalue weighted by Gasteiger charge is 2.11. The number of hydrogen-bond acceptors (Lipinski definition) is 4. The van der Waals surface area contributed by atoms with Crippen LogP contribution >= 0.6 is 35.4 Å². The second-order valence-corrected chi connectivity index (χ2v) is 6.05. The number of thiocarbonyl (C=S) groups is 1. The van der Waals surface area contributed by atoms with Crippen molar-refractivity contribution in [1.82, 2.24) is 9.97 Å². The number of nitrogens with one attached hydrogen (secondary N) is 3. The van der Waals surface area contributed by atoms with Crippen molar-refractivity contribution in [2.45, 2.75) is 0 Å². The van der Waals surface area contributed by atoms with Gasteiger partial charge in [-0.3, -0.25) is 4.79 Å². The van der Waals surface area contributed by atoms with Crippen molar-refractivity contribution in [3.05, 3.63) is 57.1 Å². The number of aromatic nitrogens is 2. The minimum absolute atomic E-state index is 0.233. The Kier molecular flexibility index (Phi) is 4.57. The number of halogens is 2. The molecule has 0 unspecified atom stereocenters. The lowest BCUT2D eigenvalue weighted by molar-refractivity contribution is 1.17. The molecule has 3 rings (SSSR count). The molecule has 0 saturated heterocycles. The first-order chi connectivity index (χ1) is 11.5. The van der Waals surface area contributed by atoms with Gasteiger partial charge in [-0.05, 0) is 36.5 Å². The summed E-state index contributed by atoms with van der Waals surface area (Å²) < 4.78 is 0. The molecule has 6 nitrogen and oxygen atoms in total. The Labute approximate surface area is 152 Å². The van der Waals surface area contributed by atoms with Crippen molar-refractivity contribution in [2.24, 2.45) is 0 Å². The topological polar surface area (TPSA) is 95.8 Å². The van der Waals surface area contributed by atoms with Gasteiger partial charge in [0.2, 0.25) is 0 Å². The largest absolute Gasteiger partial charge is 0.396 e. The smallest absolute Gasteiger partial charge is 0.260 e. The molecule has 0 fully saturated rings. The standard InChI is InChI=1S/C15H11Cl2N5OS/c16-7-2-1-3-8(17)13(7)22-15(24)21-10-5-4-9-11(12(10)18)14(23)20-6-19-9/h1-6H,18H2,(H,19,20,23)(H2,21,22,24). The maximum absolute atomic E-state index is 11.9. The highest BCUT2D eigenvalue weighted by Crippen LogP contribution is 2.30. The molecule has 0 saturated carbocycles. The predicted molar refractivity (Wildman–Crippen MR) is 103 cm³/mol. The van der Waals surface area contributed by atoms with Crippen molar-refractivity contribution in [2.75, 3.05) is 16.4 Å². The van der Waals surface area contributed by atoms with Crippen LogP contribution in [-0.4, -0.2) is 15.1 Å². The zero-order chi connectivity index (χ0) is 17.3. The van der Waals surface area contributed by atoms with Gasteiger partial charge >= 0.3 is 0 Å². The van der Waals surface area contributed by atoms with Crippen molar-refractivity contribution in [1.29, 1.82) is 0 Å². The molecule has 9 heteroatoms. The lowest BCUT2D eigenvalue weighted by atomic mass is 10.2. The average Bonchev–Trinajstić information content (AvgIpc) is 2.54. The number of nitrogen functional groups attached to an aromatic ring is 1. The van der Waals surface area contributed by atoms with E-state index in [0.717, 1.165) is 0 Å². The maximum Gasteiger partial charge on any atom is 0.260 e. The minimum Gasteiger partial charge on any atom is -0.396 e. The average molecular weight is 380 g/mol. The number of hydrogen-bond donors (Lipinski definition) is 4. The van der Waals surface area contributed by atoms with Crippen LogP contribution in [0.1, 0.15) is 0 Å². The van der Waals surface area contributed by atoms with Crippen LogP contribution in [0.4, 0.5) is 17.1 Å². The molecule has 3 aromatic rings. The lowest BCUT2D eigenvalue weighted by Crippen LogP contribution is -2.21. The molecule has 1 aromatic heterocycles. The van der Waals surface area contributed by atoms with E-state index in [2.05, 4.69) is 20.6 Å². The van der Waals surface area contributed by atoms with Gasteiger partial charge in [-0.2, -0.15) is 0 Å². The van der Waals surface area contributed by atoms with Crippen molar-refractivity contribution >= 4 is 68.5 Å². The molecule has 122 valence electrons. The number of aromatic amines is 1. The van der Waals surface area contributed by atoms with Gasteiger partial charge in [-0.25, -0.2) is 4.98 Å². The third-order valence-electron chi connectivity index (χ3n) is 3.30. The van der Waals surface area contributed by atoms with Crippen LogP contribution in [0.2, 0.25) is 10.0 Å². The highest BCUT2D eigenvalue weighted by molar-refractivity contribution is 7.80. The summed E-state index contributed by atoms with van der Waals surface area (Å²) >= 11 is 17.4. The lowest BCUT2D eigenvalue weighted by Gasteiger charge is -2.15. The van der Waals surface area contributed by atoms with Gasteiger partial charge in [-0.15, -0.1) is 0 Å². The van der Waals surface area contributed by atoms with Crippen LogP contribution in [0.5, 0.6) is 0 Å². The van der Waals surface area contributed by atoms with Crippen molar-refractivity contribution in [3.8, 4) is 0 Å². The summed E-state index contributed by atoms with van der Waals surface area (Å²) in [4.78, 5) is 18.5. The van der Waals surface area contributed by atoms with E-state index >= 15 is 0 Å². The monoisotopic (exact) mass is 379 g/mol. The molecule has 0 amide bonds. The summed E-state index contributed by atoms with van der Waals surface area (Å²) in [6.07, 6.45) is 1.32. The summed E-state index contributed by atoms with van der Waals surface area (Å²) in [6.45, 7) is 0. The van der Waals surface area contributed by atoms with Crippen LogP contribution in [0.25, 0.3) is 10.9 Å². The van der Waals surface area contributed by atoms with Crippen LogP contribution in [0.3, 0.4) is 0 Å². The van der Waals surface area contributed by atoms with E-state index in [1.54, 1.807) is 30.3 Å². The Morgan fingerprint density at radius 1 is 1.17 bits per heavy atom.